The molecule has 0 bridgehead atoms. The summed E-state index contributed by atoms with van der Waals surface area (Å²) in [5.74, 6) is 2.43. The zero-order valence-electron chi connectivity index (χ0n) is 11.0. The predicted molar refractivity (Wildman–Crippen MR) is 82.5 cm³/mol. The summed E-state index contributed by atoms with van der Waals surface area (Å²) in [6.45, 7) is 3.18. The number of nitrogens with two attached hydrogens (primary N) is 1. The third kappa shape index (κ3) is 2.61. The molecule has 3 N–H and O–H groups in total. The molecule has 1 aromatic heterocycles. The number of hydrogen-bond acceptors (Lipinski definition) is 5. The van der Waals surface area contributed by atoms with Gasteiger partial charge in [0.2, 0.25) is 0 Å². The largest absolute Gasteiger partial charge is 0.381 e. The number of para-hydroxylation sites is 2. The van der Waals surface area contributed by atoms with Crippen LogP contribution in [-0.4, -0.2) is 27.0 Å². The molecule has 3 rings (SSSR count). The summed E-state index contributed by atoms with van der Waals surface area (Å²) in [5.41, 5.74) is 7.69. The second kappa shape index (κ2) is 4.89. The normalized spacial score (nSPS) is 22.8. The van der Waals surface area contributed by atoms with Crippen molar-refractivity contribution in [1.82, 2.24) is 9.97 Å². The molecule has 4 nitrogen and oxygen atoms in total. The van der Waals surface area contributed by atoms with Crippen LogP contribution in [0.2, 0.25) is 0 Å². The number of nitrogen functional groups attached to an aromatic ring is 1. The molecule has 1 aliphatic rings. The average Bonchev–Trinajstić information content (AvgIpc) is 2.84. The lowest BCUT2D eigenvalue weighted by atomic mass is 10.1. The fourth-order valence-corrected chi connectivity index (χ4v) is 3.64. The van der Waals surface area contributed by atoms with Gasteiger partial charge in [-0.05, 0) is 37.7 Å². The first kappa shape index (κ1) is 12.5. The van der Waals surface area contributed by atoms with E-state index in [0.717, 1.165) is 17.6 Å². The van der Waals surface area contributed by atoms with E-state index in [-0.39, 0.29) is 0 Å². The van der Waals surface area contributed by atoms with E-state index >= 15 is 0 Å². The lowest BCUT2D eigenvalue weighted by Gasteiger charge is -2.23. The first-order valence-corrected chi connectivity index (χ1v) is 7.55. The van der Waals surface area contributed by atoms with Crippen LogP contribution in [0, 0.1) is 0 Å². The van der Waals surface area contributed by atoms with Crippen molar-refractivity contribution in [3.63, 3.8) is 0 Å². The molecule has 0 aliphatic carbocycles. The molecule has 0 spiro atoms. The Bertz CT molecular complexity index is 593. The molecule has 1 aromatic carbocycles. The Morgan fingerprint density at radius 1 is 1.32 bits per heavy atom. The van der Waals surface area contributed by atoms with Crippen LogP contribution in [0.5, 0.6) is 0 Å². The van der Waals surface area contributed by atoms with Crippen LogP contribution >= 0.6 is 11.8 Å². The maximum Gasteiger partial charge on any atom is 0.169 e. The van der Waals surface area contributed by atoms with Crippen molar-refractivity contribution in [2.75, 3.05) is 23.3 Å². The lowest BCUT2D eigenvalue weighted by Crippen LogP contribution is -2.27. The molecule has 100 valence electrons. The molecule has 0 amide bonds. The molecule has 5 heteroatoms. The number of nitrogens with one attached hydrogen (secondary N) is 1. The van der Waals surface area contributed by atoms with Crippen LogP contribution < -0.4 is 11.1 Å². The van der Waals surface area contributed by atoms with Gasteiger partial charge in [0, 0.05) is 11.3 Å². The Labute approximate surface area is 117 Å². The molecule has 1 unspecified atom stereocenters. The Kier molecular flexibility index (Phi) is 3.22. The van der Waals surface area contributed by atoms with Gasteiger partial charge in [-0.2, -0.15) is 11.8 Å². The molecule has 1 fully saturated rings. The van der Waals surface area contributed by atoms with Crippen LogP contribution in [-0.2, 0) is 0 Å². The number of thioether (sulfide) groups is 1. The minimum atomic E-state index is 0.291. The fourth-order valence-electron chi connectivity index (χ4n) is 2.39. The second-order valence-electron chi connectivity index (χ2n) is 5.20. The minimum Gasteiger partial charge on any atom is -0.381 e. The maximum atomic E-state index is 5.97. The molecule has 1 aliphatic heterocycles. The zero-order valence-corrected chi connectivity index (χ0v) is 11.8. The molecule has 1 saturated heterocycles. The van der Waals surface area contributed by atoms with Gasteiger partial charge in [-0.15, -0.1) is 0 Å². The number of aromatic nitrogens is 2. The smallest absolute Gasteiger partial charge is 0.169 e. The third-order valence-corrected chi connectivity index (χ3v) is 5.07. The minimum absolute atomic E-state index is 0.291. The van der Waals surface area contributed by atoms with Gasteiger partial charge in [0.1, 0.15) is 0 Å². The predicted octanol–water partition coefficient (Wildman–Crippen LogP) is 2.91. The lowest BCUT2D eigenvalue weighted by molar-refractivity contribution is 0.634. The van der Waals surface area contributed by atoms with Gasteiger partial charge in [-0.25, -0.2) is 9.97 Å². The van der Waals surface area contributed by atoms with E-state index in [9.17, 15) is 0 Å². The number of nitrogens with zero attached hydrogens (tertiary/aromatic N) is 2. The topological polar surface area (TPSA) is 63.8 Å². The van der Waals surface area contributed by atoms with Crippen molar-refractivity contribution in [1.29, 1.82) is 0 Å². The summed E-state index contributed by atoms with van der Waals surface area (Å²) in [6.07, 6.45) is 2.54. The maximum absolute atomic E-state index is 5.97. The highest BCUT2D eigenvalue weighted by Crippen LogP contribution is 2.37. The number of anilines is 2. The molecular formula is C14H18N4S. The van der Waals surface area contributed by atoms with Gasteiger partial charge in [0.25, 0.3) is 0 Å². The highest BCUT2D eigenvalue weighted by atomic mass is 32.2. The summed E-state index contributed by atoms with van der Waals surface area (Å²) >= 11 is 2.02. The summed E-state index contributed by atoms with van der Waals surface area (Å²) in [4.78, 5) is 8.95. The Balaban J connectivity index is 1.82. The highest BCUT2D eigenvalue weighted by Gasteiger charge is 2.29. The van der Waals surface area contributed by atoms with Crippen LogP contribution in [0.1, 0.15) is 19.8 Å². The third-order valence-electron chi connectivity index (χ3n) is 3.53. The SMILES string of the molecule is CC1(CNc2nc3ccccc3nc2N)CCCS1. The van der Waals surface area contributed by atoms with E-state index in [2.05, 4.69) is 22.2 Å². The van der Waals surface area contributed by atoms with Gasteiger partial charge in [0.15, 0.2) is 11.6 Å². The van der Waals surface area contributed by atoms with Crippen molar-refractivity contribution in [2.45, 2.75) is 24.5 Å². The average molecular weight is 274 g/mol. The number of benzene rings is 1. The van der Waals surface area contributed by atoms with Crippen molar-refractivity contribution in [3.05, 3.63) is 24.3 Å². The standard InChI is InChI=1S/C14H18N4S/c1-14(7-4-8-19-14)9-16-13-12(15)17-10-5-2-3-6-11(10)18-13/h2-3,5-6H,4,7-9H2,1H3,(H2,15,17)(H,16,18). The van der Waals surface area contributed by atoms with Gasteiger partial charge in [-0.1, -0.05) is 12.1 Å². The number of fused-ring (bicyclic) bond motifs is 1. The second-order valence-corrected chi connectivity index (χ2v) is 6.88. The van der Waals surface area contributed by atoms with Crippen LogP contribution in [0.3, 0.4) is 0 Å². The van der Waals surface area contributed by atoms with E-state index in [1.165, 1.54) is 18.6 Å². The summed E-state index contributed by atoms with van der Waals surface area (Å²) in [7, 11) is 0. The molecule has 19 heavy (non-hydrogen) atoms. The molecule has 1 atom stereocenters. The summed E-state index contributed by atoms with van der Waals surface area (Å²) in [5, 5.41) is 3.37. The van der Waals surface area contributed by atoms with Crippen molar-refractivity contribution >= 4 is 34.4 Å². The zero-order chi connectivity index (χ0) is 13.3. The molecule has 0 saturated carbocycles. The van der Waals surface area contributed by atoms with Crippen LogP contribution in [0.25, 0.3) is 11.0 Å². The van der Waals surface area contributed by atoms with E-state index < -0.39 is 0 Å². The Morgan fingerprint density at radius 3 is 2.74 bits per heavy atom. The molecule has 2 heterocycles. The van der Waals surface area contributed by atoms with Crippen molar-refractivity contribution in [2.24, 2.45) is 0 Å². The molecule has 2 aromatic rings. The van der Waals surface area contributed by atoms with Crippen molar-refractivity contribution in [3.8, 4) is 0 Å². The first-order valence-electron chi connectivity index (χ1n) is 6.56. The van der Waals surface area contributed by atoms with Gasteiger partial charge in [0.05, 0.1) is 11.0 Å². The van der Waals surface area contributed by atoms with E-state index in [1.807, 2.05) is 36.0 Å². The summed E-state index contributed by atoms with van der Waals surface area (Å²) < 4.78 is 0.291. The van der Waals surface area contributed by atoms with Crippen LogP contribution in [0.4, 0.5) is 11.6 Å². The highest BCUT2D eigenvalue weighted by molar-refractivity contribution is 8.00. The Morgan fingerprint density at radius 2 is 2.05 bits per heavy atom. The van der Waals surface area contributed by atoms with Gasteiger partial charge < -0.3 is 11.1 Å². The number of rotatable bonds is 3. The van der Waals surface area contributed by atoms with Crippen LogP contribution in [0.15, 0.2) is 24.3 Å². The van der Waals surface area contributed by atoms with E-state index in [4.69, 9.17) is 5.73 Å². The number of hydrogen-bond donors (Lipinski definition) is 2. The van der Waals surface area contributed by atoms with Crippen molar-refractivity contribution < 1.29 is 0 Å². The van der Waals surface area contributed by atoms with Gasteiger partial charge in [-0.3, -0.25) is 0 Å². The molecule has 0 radical (unpaired) electrons. The monoisotopic (exact) mass is 274 g/mol. The molecular weight excluding hydrogens is 256 g/mol. The summed E-state index contributed by atoms with van der Waals surface area (Å²) in [6, 6.07) is 7.79. The Hall–Kier alpha value is -1.49. The quantitative estimate of drug-likeness (QED) is 0.901. The van der Waals surface area contributed by atoms with E-state index in [1.54, 1.807) is 0 Å². The fraction of sp³-hybridized carbons (Fsp3) is 0.429. The van der Waals surface area contributed by atoms with E-state index in [0.29, 0.717) is 16.4 Å². The first-order chi connectivity index (χ1) is 9.16. The van der Waals surface area contributed by atoms with Gasteiger partial charge >= 0.3 is 0 Å².